The first-order valence-corrected chi connectivity index (χ1v) is 13.7. The third-order valence-electron chi connectivity index (χ3n) is 6.57. The molecule has 0 saturated heterocycles. The van der Waals surface area contributed by atoms with Gasteiger partial charge in [-0.2, -0.15) is 0 Å². The van der Waals surface area contributed by atoms with Crippen molar-refractivity contribution in [3.8, 4) is 5.75 Å². The van der Waals surface area contributed by atoms with Gasteiger partial charge in [-0.1, -0.05) is 54.5 Å². The van der Waals surface area contributed by atoms with E-state index in [1.54, 1.807) is 0 Å². The Bertz CT molecular complexity index is 1580. The van der Waals surface area contributed by atoms with Crippen molar-refractivity contribution >= 4 is 45.3 Å². The summed E-state index contributed by atoms with van der Waals surface area (Å²) >= 11 is 2.34. The van der Waals surface area contributed by atoms with Crippen molar-refractivity contribution in [3.05, 3.63) is 108 Å². The number of H-pyrrole nitrogens is 1. The van der Waals surface area contributed by atoms with Crippen molar-refractivity contribution in [2.75, 3.05) is 0 Å². The third kappa shape index (κ3) is 5.45. The minimum atomic E-state index is -0.579. The van der Waals surface area contributed by atoms with Gasteiger partial charge in [-0.25, -0.2) is 9.79 Å². The number of ether oxygens (including phenoxy) is 1. The Morgan fingerprint density at radius 3 is 2.74 bits per heavy atom. The minimum absolute atomic E-state index is 0.407. The van der Waals surface area contributed by atoms with Crippen molar-refractivity contribution in [2.45, 2.75) is 46.8 Å². The van der Waals surface area contributed by atoms with Gasteiger partial charge in [0.25, 0.3) is 0 Å². The second-order valence-corrected chi connectivity index (χ2v) is 10.4. The summed E-state index contributed by atoms with van der Waals surface area (Å²) < 4.78 is 12.2. The van der Waals surface area contributed by atoms with Gasteiger partial charge in [0, 0.05) is 27.7 Å². The molecule has 0 atom stereocenters. The zero-order valence-corrected chi connectivity index (χ0v) is 23.8. The fourth-order valence-electron chi connectivity index (χ4n) is 4.66. The lowest BCUT2D eigenvalue weighted by atomic mass is 9.89. The first kappa shape index (κ1) is 26.0. The molecule has 1 aliphatic heterocycles. The molecule has 0 radical (unpaired) electrons. The molecular weight excluding hydrogens is 591 g/mol. The number of aryl methyl sites for hydroxylation is 1. The highest BCUT2D eigenvalue weighted by molar-refractivity contribution is 14.1. The smallest absolute Gasteiger partial charge is 0.439 e. The van der Waals surface area contributed by atoms with Gasteiger partial charge >= 0.3 is 5.76 Å². The van der Waals surface area contributed by atoms with Crippen LogP contribution in [-0.4, -0.2) is 16.0 Å². The molecule has 194 valence electrons. The van der Waals surface area contributed by atoms with Crippen LogP contribution < -0.4 is 15.8 Å². The molecule has 3 aromatic carbocycles. The number of fused-ring (bicyclic) bond motifs is 2. The van der Waals surface area contributed by atoms with Gasteiger partial charge in [0.2, 0.25) is 0 Å². The monoisotopic (exact) mass is 620 g/mol. The molecule has 5 rings (SSSR count). The van der Waals surface area contributed by atoms with Crippen LogP contribution in [-0.2, 0) is 13.2 Å². The molecule has 2 heterocycles. The number of benzene rings is 3. The number of hydrogen-bond donors (Lipinski definition) is 2. The number of rotatable bonds is 6. The normalized spacial score (nSPS) is 14.3. The average Bonchev–Trinajstić information content (AvgIpc) is 3.28. The highest BCUT2D eigenvalue weighted by Crippen LogP contribution is 2.40. The molecule has 4 aromatic rings. The topological polar surface area (TPSA) is 92.5 Å². The summed E-state index contributed by atoms with van der Waals surface area (Å²) in [6, 6.07) is 20.6. The van der Waals surface area contributed by atoms with E-state index in [1.807, 2.05) is 31.2 Å². The maximum absolute atomic E-state index is 11.7. The van der Waals surface area contributed by atoms with Crippen LogP contribution in [0, 0.1) is 10.5 Å². The van der Waals surface area contributed by atoms with Crippen LogP contribution in [0.3, 0.4) is 0 Å². The quantitative estimate of drug-likeness (QED) is 0.141. The second kappa shape index (κ2) is 11.4. The molecule has 0 aliphatic carbocycles. The van der Waals surface area contributed by atoms with Crippen LogP contribution in [0.1, 0.15) is 60.3 Å². The lowest BCUT2D eigenvalue weighted by Gasteiger charge is -2.15. The van der Waals surface area contributed by atoms with Gasteiger partial charge in [-0.05, 0) is 88.9 Å². The van der Waals surface area contributed by atoms with Crippen LogP contribution in [0.4, 0.5) is 5.69 Å². The van der Waals surface area contributed by atoms with Gasteiger partial charge in [0.15, 0.2) is 5.82 Å². The summed E-state index contributed by atoms with van der Waals surface area (Å²) in [5, 5.41) is 7.51. The summed E-state index contributed by atoms with van der Waals surface area (Å²) in [4.78, 5) is 19.3. The van der Waals surface area contributed by atoms with Crippen molar-refractivity contribution in [1.82, 2.24) is 15.5 Å². The number of nitrogens with one attached hydrogen (secondary N) is 2. The predicted molar refractivity (Wildman–Crippen MR) is 159 cm³/mol. The van der Waals surface area contributed by atoms with Gasteiger partial charge < -0.3 is 10.1 Å². The van der Waals surface area contributed by atoms with Crippen LogP contribution in [0.25, 0.3) is 11.1 Å². The van der Waals surface area contributed by atoms with Crippen molar-refractivity contribution in [1.29, 1.82) is 0 Å². The molecule has 1 aromatic heterocycles. The van der Waals surface area contributed by atoms with Gasteiger partial charge in [-0.3, -0.25) is 9.51 Å². The second-order valence-electron chi connectivity index (χ2n) is 9.29. The molecule has 1 aliphatic rings. The molecular formula is C30H29IN4O3. The molecule has 0 amide bonds. The van der Waals surface area contributed by atoms with Gasteiger partial charge in [0.05, 0.1) is 5.69 Å². The summed E-state index contributed by atoms with van der Waals surface area (Å²) in [5.41, 5.74) is 8.13. The average molecular weight is 620 g/mol. The molecule has 0 spiro atoms. The highest BCUT2D eigenvalue weighted by Gasteiger charge is 2.23. The number of hydrogen-bond acceptors (Lipinski definition) is 5. The Hall–Kier alpha value is -3.66. The van der Waals surface area contributed by atoms with E-state index in [2.05, 4.69) is 88.3 Å². The number of aromatic nitrogens is 2. The number of allylic oxidation sites excluding steroid dienone is 1. The molecule has 0 saturated carbocycles. The molecule has 38 heavy (non-hydrogen) atoms. The molecule has 0 fully saturated rings. The van der Waals surface area contributed by atoms with E-state index < -0.39 is 5.76 Å². The van der Waals surface area contributed by atoms with E-state index >= 15 is 0 Å². The zero-order chi connectivity index (χ0) is 26.6. The Morgan fingerprint density at radius 2 is 1.97 bits per heavy atom. The number of halogens is 1. The van der Waals surface area contributed by atoms with Crippen molar-refractivity contribution in [2.24, 2.45) is 4.99 Å². The zero-order valence-electron chi connectivity index (χ0n) is 21.6. The third-order valence-corrected chi connectivity index (χ3v) is 7.44. The molecule has 0 bridgehead atoms. The molecule has 7 nitrogen and oxygen atoms in total. The van der Waals surface area contributed by atoms with Crippen LogP contribution in [0.5, 0.6) is 5.75 Å². The number of para-hydroxylation sites is 2. The minimum Gasteiger partial charge on any atom is -0.488 e. The largest absolute Gasteiger partial charge is 0.488 e. The van der Waals surface area contributed by atoms with E-state index in [0.717, 1.165) is 72.6 Å². The Balaban J connectivity index is 1.49. The van der Waals surface area contributed by atoms with E-state index in [9.17, 15) is 4.79 Å². The van der Waals surface area contributed by atoms with Crippen molar-refractivity contribution in [3.63, 3.8) is 0 Å². The molecule has 2 N–H and O–H groups in total. The maximum Gasteiger partial charge on any atom is 0.439 e. The Labute approximate surface area is 235 Å². The van der Waals surface area contributed by atoms with Crippen LogP contribution in [0.2, 0.25) is 0 Å². The number of aromatic amines is 1. The van der Waals surface area contributed by atoms with E-state index in [-0.39, 0.29) is 0 Å². The van der Waals surface area contributed by atoms with E-state index in [4.69, 9.17) is 14.3 Å². The summed E-state index contributed by atoms with van der Waals surface area (Å²) in [6.07, 6.45) is 1.87. The Morgan fingerprint density at radius 1 is 1.13 bits per heavy atom. The first-order valence-electron chi connectivity index (χ1n) is 12.6. The maximum atomic E-state index is 11.7. The summed E-state index contributed by atoms with van der Waals surface area (Å²) in [7, 11) is 0. The van der Waals surface area contributed by atoms with Gasteiger partial charge in [0.1, 0.15) is 18.2 Å². The van der Waals surface area contributed by atoms with Gasteiger partial charge in [-0.15, -0.1) is 0 Å². The van der Waals surface area contributed by atoms with Crippen molar-refractivity contribution < 1.29 is 9.26 Å². The van der Waals surface area contributed by atoms with Crippen LogP contribution in [0.15, 0.2) is 75.0 Å². The predicted octanol–water partition coefficient (Wildman–Crippen LogP) is 6.77. The fourth-order valence-corrected chi connectivity index (χ4v) is 5.41. The number of amidine groups is 1. The lowest BCUT2D eigenvalue weighted by Crippen LogP contribution is -2.22. The highest BCUT2D eigenvalue weighted by atomic mass is 127. The number of aliphatic imine (C=N–C) groups is 1. The van der Waals surface area contributed by atoms with E-state index in [0.29, 0.717) is 19.0 Å². The number of nitrogens with zero attached hydrogens (tertiary/aromatic N) is 2. The standard InChI is InChI=1S/C30H29IN4O3/c1-4-8-26(33-28-18(2)9-7-11-24(28)31)32-16-20-13-14-22-21(15-20)17-37-25-12-6-5-10-23(25)27(22)19(3)29-34-30(36)38-35-29/h5-7,9-15H,4,8,16-17H2,1-3H3,(H,32,33)(H,34,35,36)/b27-19+. The van der Waals surface area contributed by atoms with E-state index in [1.165, 1.54) is 0 Å². The first-order chi connectivity index (χ1) is 18.4. The summed E-state index contributed by atoms with van der Waals surface area (Å²) in [5.74, 6) is 1.59. The lowest BCUT2D eigenvalue weighted by molar-refractivity contribution is 0.307. The SMILES string of the molecule is CCC/C(=N/c1c(C)cccc1I)NCc1ccc2c(c1)COc1ccccc1/C2=C(\C)c1noc(=O)[nH]1. The molecule has 0 unspecified atom stereocenters. The summed E-state index contributed by atoms with van der Waals surface area (Å²) in [6.45, 7) is 7.28. The fraction of sp³-hybridized carbons (Fsp3) is 0.233. The van der Waals surface area contributed by atoms with Crippen LogP contribution >= 0.6 is 22.6 Å². The molecule has 8 heteroatoms. The Kier molecular flexibility index (Phi) is 7.78.